The van der Waals surface area contributed by atoms with Gasteiger partial charge in [0.1, 0.15) is 0 Å². The lowest BCUT2D eigenvalue weighted by atomic mass is 10.1. The predicted molar refractivity (Wildman–Crippen MR) is 66.2 cm³/mol. The van der Waals surface area contributed by atoms with Gasteiger partial charge in [-0.1, -0.05) is 12.0 Å². The standard InChI is InChI=1S/C13H17NO3/c1-4-7-14-9-11(15)10-5-6-12(16-2)13(8-10)17-3/h1,5-6,8,11,14-15H,7,9H2,2-3H3. The summed E-state index contributed by atoms with van der Waals surface area (Å²) in [6.07, 6.45) is 4.48. The fourth-order valence-electron chi connectivity index (χ4n) is 1.46. The Kier molecular flexibility index (Phi) is 5.34. The number of aliphatic hydroxyl groups is 1. The molecule has 1 aromatic carbocycles. The molecule has 0 radical (unpaired) electrons. The molecule has 17 heavy (non-hydrogen) atoms. The summed E-state index contributed by atoms with van der Waals surface area (Å²) in [6.45, 7) is 0.837. The first-order chi connectivity index (χ1) is 8.22. The molecule has 0 aliphatic carbocycles. The van der Waals surface area contributed by atoms with Crippen LogP contribution in [0.3, 0.4) is 0 Å². The summed E-state index contributed by atoms with van der Waals surface area (Å²) >= 11 is 0. The third-order valence-corrected chi connectivity index (χ3v) is 2.36. The number of methoxy groups -OCH3 is 2. The minimum Gasteiger partial charge on any atom is -0.493 e. The second-order valence-corrected chi connectivity index (χ2v) is 3.47. The minimum atomic E-state index is -0.622. The second kappa shape index (κ2) is 6.79. The Morgan fingerprint density at radius 1 is 1.35 bits per heavy atom. The van der Waals surface area contributed by atoms with Crippen molar-refractivity contribution in [3.8, 4) is 23.8 Å². The van der Waals surface area contributed by atoms with Crippen molar-refractivity contribution in [2.24, 2.45) is 0 Å². The van der Waals surface area contributed by atoms with Crippen LogP contribution in [-0.4, -0.2) is 32.4 Å². The van der Waals surface area contributed by atoms with Gasteiger partial charge < -0.3 is 19.9 Å². The molecular formula is C13H17NO3. The minimum absolute atomic E-state index is 0.402. The maximum absolute atomic E-state index is 9.90. The molecule has 2 N–H and O–H groups in total. The van der Waals surface area contributed by atoms with Gasteiger partial charge in [-0.05, 0) is 17.7 Å². The summed E-state index contributed by atoms with van der Waals surface area (Å²) in [5, 5.41) is 12.8. The fraction of sp³-hybridized carbons (Fsp3) is 0.385. The average molecular weight is 235 g/mol. The molecule has 0 aromatic heterocycles. The number of rotatable bonds is 6. The normalized spacial score (nSPS) is 11.6. The van der Waals surface area contributed by atoms with Crippen molar-refractivity contribution in [2.45, 2.75) is 6.10 Å². The highest BCUT2D eigenvalue weighted by molar-refractivity contribution is 5.43. The number of hydrogen-bond acceptors (Lipinski definition) is 4. The Bertz CT molecular complexity index is 398. The van der Waals surface area contributed by atoms with Crippen LogP contribution < -0.4 is 14.8 Å². The van der Waals surface area contributed by atoms with Gasteiger partial charge >= 0.3 is 0 Å². The van der Waals surface area contributed by atoms with E-state index in [1.165, 1.54) is 0 Å². The van der Waals surface area contributed by atoms with Crippen LogP contribution in [0.4, 0.5) is 0 Å². The maximum Gasteiger partial charge on any atom is 0.161 e. The van der Waals surface area contributed by atoms with E-state index in [0.717, 1.165) is 5.56 Å². The zero-order chi connectivity index (χ0) is 12.7. The third kappa shape index (κ3) is 3.66. The van der Waals surface area contributed by atoms with E-state index in [0.29, 0.717) is 24.6 Å². The van der Waals surface area contributed by atoms with Crippen molar-refractivity contribution < 1.29 is 14.6 Å². The van der Waals surface area contributed by atoms with Gasteiger partial charge in [-0.3, -0.25) is 0 Å². The van der Waals surface area contributed by atoms with Crippen molar-refractivity contribution >= 4 is 0 Å². The van der Waals surface area contributed by atoms with Gasteiger partial charge in [0.2, 0.25) is 0 Å². The smallest absolute Gasteiger partial charge is 0.161 e. The van der Waals surface area contributed by atoms with E-state index in [9.17, 15) is 5.11 Å². The maximum atomic E-state index is 9.90. The van der Waals surface area contributed by atoms with Gasteiger partial charge in [-0.15, -0.1) is 6.42 Å². The summed E-state index contributed by atoms with van der Waals surface area (Å²) in [5.74, 6) is 3.69. The predicted octanol–water partition coefficient (Wildman–Crippen LogP) is 0.960. The van der Waals surface area contributed by atoms with E-state index in [-0.39, 0.29) is 0 Å². The molecule has 1 aromatic rings. The molecular weight excluding hydrogens is 218 g/mol. The Balaban J connectivity index is 2.74. The van der Waals surface area contributed by atoms with Crippen molar-refractivity contribution in [1.82, 2.24) is 5.32 Å². The second-order valence-electron chi connectivity index (χ2n) is 3.47. The lowest BCUT2D eigenvalue weighted by Gasteiger charge is -2.14. The average Bonchev–Trinajstić information content (AvgIpc) is 2.38. The van der Waals surface area contributed by atoms with Crippen molar-refractivity contribution in [3.63, 3.8) is 0 Å². The van der Waals surface area contributed by atoms with E-state index in [2.05, 4.69) is 11.2 Å². The van der Waals surface area contributed by atoms with Crippen LogP contribution >= 0.6 is 0 Å². The van der Waals surface area contributed by atoms with Crippen LogP contribution in [0, 0.1) is 12.3 Å². The first-order valence-electron chi connectivity index (χ1n) is 5.27. The molecule has 0 aliphatic rings. The summed E-state index contributed by atoms with van der Waals surface area (Å²) < 4.78 is 10.3. The SMILES string of the molecule is C#CCNCC(O)c1ccc(OC)c(OC)c1. The molecule has 0 spiro atoms. The molecule has 92 valence electrons. The summed E-state index contributed by atoms with van der Waals surface area (Å²) in [6, 6.07) is 5.31. The van der Waals surface area contributed by atoms with Crippen LogP contribution in [-0.2, 0) is 0 Å². The molecule has 1 atom stereocenters. The highest BCUT2D eigenvalue weighted by atomic mass is 16.5. The topological polar surface area (TPSA) is 50.7 Å². The molecule has 1 unspecified atom stereocenters. The highest BCUT2D eigenvalue weighted by Crippen LogP contribution is 2.29. The van der Waals surface area contributed by atoms with E-state index in [1.54, 1.807) is 32.4 Å². The Morgan fingerprint density at radius 3 is 2.65 bits per heavy atom. The molecule has 0 heterocycles. The molecule has 0 saturated carbocycles. The first kappa shape index (κ1) is 13.4. The molecule has 0 saturated heterocycles. The van der Waals surface area contributed by atoms with Crippen molar-refractivity contribution in [3.05, 3.63) is 23.8 Å². The molecule has 1 rings (SSSR count). The fourth-order valence-corrected chi connectivity index (χ4v) is 1.46. The van der Waals surface area contributed by atoms with Crippen LogP contribution in [0.15, 0.2) is 18.2 Å². The number of benzene rings is 1. The molecule has 4 nitrogen and oxygen atoms in total. The third-order valence-electron chi connectivity index (χ3n) is 2.36. The summed E-state index contributed by atoms with van der Waals surface area (Å²) in [5.41, 5.74) is 0.757. The van der Waals surface area contributed by atoms with E-state index in [4.69, 9.17) is 15.9 Å². The van der Waals surface area contributed by atoms with Gasteiger partial charge in [0.15, 0.2) is 11.5 Å². The molecule has 4 heteroatoms. The Labute approximate surface area is 102 Å². The number of hydrogen-bond donors (Lipinski definition) is 2. The van der Waals surface area contributed by atoms with Crippen molar-refractivity contribution in [1.29, 1.82) is 0 Å². The number of aliphatic hydroxyl groups excluding tert-OH is 1. The van der Waals surface area contributed by atoms with E-state index < -0.39 is 6.10 Å². The lowest BCUT2D eigenvalue weighted by Crippen LogP contribution is -2.21. The van der Waals surface area contributed by atoms with Crippen LogP contribution in [0.25, 0.3) is 0 Å². The number of terminal acetylenes is 1. The van der Waals surface area contributed by atoms with Crippen LogP contribution in [0.2, 0.25) is 0 Å². The van der Waals surface area contributed by atoms with Crippen LogP contribution in [0.5, 0.6) is 11.5 Å². The molecule has 0 fully saturated rings. The molecule has 0 aliphatic heterocycles. The zero-order valence-corrected chi connectivity index (χ0v) is 10.1. The molecule has 0 amide bonds. The van der Waals surface area contributed by atoms with Gasteiger partial charge in [0.25, 0.3) is 0 Å². The Hall–Kier alpha value is -1.70. The van der Waals surface area contributed by atoms with E-state index in [1.807, 2.05) is 0 Å². The van der Waals surface area contributed by atoms with Gasteiger partial charge in [-0.2, -0.15) is 0 Å². The van der Waals surface area contributed by atoms with E-state index >= 15 is 0 Å². The zero-order valence-electron chi connectivity index (χ0n) is 10.1. The van der Waals surface area contributed by atoms with Gasteiger partial charge in [-0.25, -0.2) is 0 Å². The highest BCUT2D eigenvalue weighted by Gasteiger charge is 2.10. The van der Waals surface area contributed by atoms with Gasteiger partial charge in [0.05, 0.1) is 26.9 Å². The quantitative estimate of drug-likeness (QED) is 0.569. The van der Waals surface area contributed by atoms with Crippen LogP contribution in [0.1, 0.15) is 11.7 Å². The Morgan fingerprint density at radius 2 is 2.06 bits per heavy atom. The number of nitrogens with one attached hydrogen (secondary N) is 1. The van der Waals surface area contributed by atoms with Gasteiger partial charge in [0, 0.05) is 6.54 Å². The number of ether oxygens (including phenoxy) is 2. The lowest BCUT2D eigenvalue weighted by molar-refractivity contribution is 0.176. The van der Waals surface area contributed by atoms with Crippen molar-refractivity contribution in [2.75, 3.05) is 27.3 Å². The summed E-state index contributed by atoms with van der Waals surface area (Å²) in [4.78, 5) is 0. The summed E-state index contributed by atoms with van der Waals surface area (Å²) in [7, 11) is 3.13. The first-order valence-corrected chi connectivity index (χ1v) is 5.27. The molecule has 0 bridgehead atoms. The largest absolute Gasteiger partial charge is 0.493 e. The monoisotopic (exact) mass is 235 g/mol.